The minimum atomic E-state index is -1.13. The average molecular weight is 556 g/mol. The lowest BCUT2D eigenvalue weighted by molar-refractivity contribution is -0.306. The fourth-order valence-electron chi connectivity index (χ4n) is 2.39. The number of rotatable bonds is 33. The molecule has 0 aliphatic rings. The van der Waals surface area contributed by atoms with Crippen LogP contribution in [0.1, 0.15) is 6.42 Å². The Morgan fingerprint density at radius 1 is 0.474 bits per heavy atom. The van der Waals surface area contributed by atoms with Crippen LogP contribution >= 0.6 is 0 Å². The van der Waals surface area contributed by atoms with Crippen LogP contribution in [0.4, 0.5) is 0 Å². The Kier molecular flexibility index (Phi) is 32.0. The molecule has 0 aromatic rings. The highest BCUT2D eigenvalue weighted by molar-refractivity contribution is 5.64. The zero-order valence-corrected chi connectivity index (χ0v) is 22.3. The number of hydrogen-bond acceptors (Lipinski definition) is 14. The maximum absolute atomic E-state index is 10.2. The van der Waals surface area contributed by atoms with Gasteiger partial charge in [0.15, 0.2) is 0 Å². The van der Waals surface area contributed by atoms with Gasteiger partial charge in [-0.2, -0.15) is 0 Å². The zero-order valence-electron chi connectivity index (χ0n) is 22.3. The standard InChI is InChI=1S/C23H45N3O12/c24-26-25-2-4-30-6-8-32-10-12-34-14-16-36-18-20-38-22-21-37-19-17-35-15-13-33-11-9-31-7-5-29-3-1-23(27)28/h24H,1-22H2. The summed E-state index contributed by atoms with van der Waals surface area (Å²) in [6.45, 7) is 9.31. The molecule has 0 spiro atoms. The minimum Gasteiger partial charge on any atom is -0.550 e. The topological polar surface area (TPSA) is 183 Å². The minimum absolute atomic E-state index is 0.114. The van der Waals surface area contributed by atoms with Gasteiger partial charge in [-0.15, -0.1) is 0 Å². The first kappa shape index (κ1) is 36.4. The summed E-state index contributed by atoms with van der Waals surface area (Å²) in [6.07, 6.45) is -0.114. The average Bonchev–Trinajstić information content (AvgIpc) is 2.91. The predicted octanol–water partition coefficient (Wildman–Crippen LogP) is -1.16. The number of hydrogen-bond donors (Lipinski definition) is 1. The van der Waals surface area contributed by atoms with E-state index in [4.69, 9.17) is 52.9 Å². The first-order valence-corrected chi connectivity index (χ1v) is 12.8. The highest BCUT2D eigenvalue weighted by Crippen LogP contribution is 1.87. The lowest BCUT2D eigenvalue weighted by Gasteiger charge is -2.09. The molecule has 0 aliphatic heterocycles. The van der Waals surface area contributed by atoms with E-state index in [0.29, 0.717) is 132 Å². The van der Waals surface area contributed by atoms with Crippen molar-refractivity contribution in [1.82, 2.24) is 4.91 Å². The Morgan fingerprint density at radius 3 is 0.947 bits per heavy atom. The van der Waals surface area contributed by atoms with E-state index in [1.54, 1.807) is 0 Å². The molecule has 0 fully saturated rings. The summed E-state index contributed by atoms with van der Waals surface area (Å²) in [5.74, 6) is -1.13. The second-order valence-electron chi connectivity index (χ2n) is 7.21. The highest BCUT2D eigenvalue weighted by atomic mass is 16.6. The molecule has 0 amide bonds. The molecular weight excluding hydrogens is 510 g/mol. The highest BCUT2D eigenvalue weighted by Gasteiger charge is 1.96. The molecule has 0 rings (SSSR count). The maximum atomic E-state index is 10.2. The van der Waals surface area contributed by atoms with Crippen molar-refractivity contribution in [3.8, 4) is 0 Å². The summed E-state index contributed by atoms with van der Waals surface area (Å²) in [5.41, 5.74) is 6.49. The van der Waals surface area contributed by atoms with Crippen LogP contribution in [0.15, 0.2) is 5.11 Å². The molecule has 15 heteroatoms. The van der Waals surface area contributed by atoms with Crippen molar-refractivity contribution in [2.75, 3.05) is 139 Å². The molecule has 224 valence electrons. The van der Waals surface area contributed by atoms with E-state index < -0.39 is 5.97 Å². The molecule has 0 aliphatic carbocycles. The molecule has 0 radical (unpaired) electrons. The van der Waals surface area contributed by atoms with Crippen LogP contribution < -0.4 is 10.0 Å². The molecule has 0 aromatic carbocycles. The van der Waals surface area contributed by atoms with E-state index in [2.05, 4.69) is 10.0 Å². The Bertz CT molecular complexity index is 510. The van der Waals surface area contributed by atoms with Crippen LogP contribution in [0.25, 0.3) is 0 Å². The van der Waals surface area contributed by atoms with Gasteiger partial charge < -0.3 is 57.3 Å². The van der Waals surface area contributed by atoms with Crippen molar-refractivity contribution in [1.29, 1.82) is 5.53 Å². The zero-order chi connectivity index (χ0) is 27.6. The number of ether oxygens (including phenoxy) is 10. The third-order valence-electron chi connectivity index (χ3n) is 4.20. The molecular formula is C23H45N3O12. The third kappa shape index (κ3) is 34.4. The van der Waals surface area contributed by atoms with Gasteiger partial charge >= 0.3 is 0 Å². The first-order valence-electron chi connectivity index (χ1n) is 12.8. The van der Waals surface area contributed by atoms with Crippen molar-refractivity contribution in [3.63, 3.8) is 0 Å². The lowest BCUT2D eigenvalue weighted by atomic mass is 10.5. The van der Waals surface area contributed by atoms with Crippen LogP contribution in [0.2, 0.25) is 0 Å². The van der Waals surface area contributed by atoms with E-state index >= 15 is 0 Å². The number of nitrogens with one attached hydrogen (secondary N) is 1. The number of aliphatic carboxylic acids is 1. The van der Waals surface area contributed by atoms with Gasteiger partial charge in [-0.25, -0.2) is 0 Å². The molecule has 1 N–H and O–H groups in total. The van der Waals surface area contributed by atoms with Gasteiger partial charge in [-0.05, 0) is 0 Å². The maximum Gasteiger partial charge on any atom is 0.214 e. The normalized spacial score (nSPS) is 11.1. The monoisotopic (exact) mass is 555 g/mol. The molecule has 0 aromatic heterocycles. The van der Waals surface area contributed by atoms with Crippen molar-refractivity contribution >= 4 is 5.97 Å². The molecule has 38 heavy (non-hydrogen) atoms. The van der Waals surface area contributed by atoms with Gasteiger partial charge in [-0.3, -0.25) is 0 Å². The summed E-state index contributed by atoms with van der Waals surface area (Å²) in [7, 11) is 0. The van der Waals surface area contributed by atoms with Crippen molar-refractivity contribution in [2.24, 2.45) is 5.11 Å². The Morgan fingerprint density at radius 2 is 0.711 bits per heavy atom. The number of carboxylic acid groups (broad SMARTS) is 1. The van der Waals surface area contributed by atoms with Gasteiger partial charge in [0, 0.05) is 12.4 Å². The molecule has 0 bridgehead atoms. The van der Waals surface area contributed by atoms with Crippen molar-refractivity contribution < 1.29 is 57.3 Å². The summed E-state index contributed by atoms with van der Waals surface area (Å²) in [5, 5.41) is 13.7. The van der Waals surface area contributed by atoms with E-state index in [1.165, 1.54) is 0 Å². The fraction of sp³-hybridized carbons (Fsp3) is 0.957. The largest absolute Gasteiger partial charge is 0.550 e. The number of carboxylic acids is 1. The fourth-order valence-corrected chi connectivity index (χ4v) is 2.39. The Hall–Kier alpha value is -1.62. The first-order chi connectivity index (χ1) is 18.8. The number of carbonyl (C=O) groups is 1. The lowest BCUT2D eigenvalue weighted by Crippen LogP contribution is -2.24. The van der Waals surface area contributed by atoms with E-state index in [9.17, 15) is 9.90 Å². The van der Waals surface area contributed by atoms with Gasteiger partial charge in [0.2, 0.25) is 4.91 Å². The smallest absolute Gasteiger partial charge is 0.214 e. The summed E-state index contributed by atoms with van der Waals surface area (Å²) in [4.78, 5) is 13.1. The molecule has 15 nitrogen and oxygen atoms in total. The molecule has 0 heterocycles. The van der Waals surface area contributed by atoms with Crippen molar-refractivity contribution in [2.45, 2.75) is 6.42 Å². The van der Waals surface area contributed by atoms with Gasteiger partial charge in [-0.1, -0.05) is 0 Å². The Labute approximate surface area is 224 Å². The van der Waals surface area contributed by atoms with Crippen LogP contribution in [-0.2, 0) is 52.2 Å². The third-order valence-corrected chi connectivity index (χ3v) is 4.20. The van der Waals surface area contributed by atoms with Crippen molar-refractivity contribution in [3.05, 3.63) is 0 Å². The summed E-state index contributed by atoms with van der Waals surface area (Å²) >= 11 is 0. The molecule has 0 saturated carbocycles. The van der Waals surface area contributed by atoms with Crippen LogP contribution in [0, 0.1) is 5.53 Å². The Balaban J connectivity index is 3.03. The summed E-state index contributed by atoms with van der Waals surface area (Å²) < 4.78 is 53.4. The van der Waals surface area contributed by atoms with E-state index in [1.807, 2.05) is 0 Å². The number of nitrogens with zero attached hydrogens (tertiary/aromatic N) is 2. The SMILES string of the molecule is N=[N+]=NCCOCCOCCOCCOCCOCCOCCOCCOCCOCCOCCC(=O)[O-]. The van der Waals surface area contributed by atoms with Gasteiger partial charge in [0.25, 0.3) is 0 Å². The molecule has 0 atom stereocenters. The van der Waals surface area contributed by atoms with Crippen LogP contribution in [0.3, 0.4) is 0 Å². The molecule has 0 unspecified atom stereocenters. The van der Waals surface area contributed by atoms with E-state index in [-0.39, 0.29) is 13.0 Å². The second-order valence-corrected chi connectivity index (χ2v) is 7.21. The number of carbonyl (C=O) groups excluding carboxylic acids is 1. The van der Waals surface area contributed by atoms with Crippen LogP contribution in [-0.4, -0.2) is 145 Å². The predicted molar refractivity (Wildman–Crippen MR) is 130 cm³/mol. The van der Waals surface area contributed by atoms with Crippen LogP contribution in [0.5, 0.6) is 0 Å². The second kappa shape index (κ2) is 33.4. The van der Waals surface area contributed by atoms with E-state index in [0.717, 1.165) is 0 Å². The van der Waals surface area contributed by atoms with Gasteiger partial charge in [0.1, 0.15) is 17.2 Å². The molecule has 0 saturated heterocycles. The quantitative estimate of drug-likeness (QED) is 0.0583. The summed E-state index contributed by atoms with van der Waals surface area (Å²) in [6, 6.07) is 0. The van der Waals surface area contributed by atoms with Gasteiger partial charge in [0.05, 0.1) is 132 Å².